The van der Waals surface area contributed by atoms with Crippen molar-refractivity contribution in [1.82, 2.24) is 9.80 Å². The van der Waals surface area contributed by atoms with Crippen molar-refractivity contribution in [3.63, 3.8) is 0 Å². The van der Waals surface area contributed by atoms with Crippen LogP contribution in [-0.4, -0.2) is 65.0 Å². The van der Waals surface area contributed by atoms with Crippen LogP contribution in [0.1, 0.15) is 43.4 Å². The van der Waals surface area contributed by atoms with E-state index in [9.17, 15) is 19.5 Å². The molecule has 27 heavy (non-hydrogen) atoms. The van der Waals surface area contributed by atoms with E-state index in [1.165, 1.54) is 11.8 Å². The molecule has 0 bridgehead atoms. The zero-order valence-electron chi connectivity index (χ0n) is 15.6. The van der Waals surface area contributed by atoms with Gasteiger partial charge in [-0.05, 0) is 30.4 Å². The van der Waals surface area contributed by atoms with Crippen LogP contribution >= 0.6 is 0 Å². The smallest absolute Gasteiger partial charge is 0.323 e. The van der Waals surface area contributed by atoms with Crippen LogP contribution in [0.5, 0.6) is 0 Å². The number of ether oxygens (including phenoxy) is 1. The topological polar surface area (TPSA) is 87.2 Å². The van der Waals surface area contributed by atoms with Crippen LogP contribution in [0.3, 0.4) is 0 Å². The first kappa shape index (κ1) is 19.4. The number of carbonyl (C=O) groups is 3. The molecule has 1 unspecified atom stereocenters. The summed E-state index contributed by atoms with van der Waals surface area (Å²) in [6, 6.07) is 7.37. The van der Waals surface area contributed by atoms with Crippen LogP contribution in [0.25, 0.3) is 0 Å². The van der Waals surface area contributed by atoms with Gasteiger partial charge in [-0.2, -0.15) is 0 Å². The number of hydrogen-bond acceptors (Lipinski definition) is 4. The van der Waals surface area contributed by atoms with Crippen molar-refractivity contribution in [2.24, 2.45) is 0 Å². The Labute approximate surface area is 158 Å². The summed E-state index contributed by atoms with van der Waals surface area (Å²) < 4.78 is 5.34. The van der Waals surface area contributed by atoms with Crippen molar-refractivity contribution in [2.45, 2.75) is 44.7 Å². The summed E-state index contributed by atoms with van der Waals surface area (Å²) in [5.41, 5.74) is 2.12. The average Bonchev–Trinajstić information content (AvgIpc) is 2.66. The first-order chi connectivity index (χ1) is 13.0. The Balaban J connectivity index is 1.83. The lowest BCUT2D eigenvalue weighted by Gasteiger charge is -2.39. The molecule has 0 spiro atoms. The summed E-state index contributed by atoms with van der Waals surface area (Å²) in [6.45, 7) is 2.82. The van der Waals surface area contributed by atoms with Crippen LogP contribution in [0.4, 0.5) is 0 Å². The fourth-order valence-electron chi connectivity index (χ4n) is 4.09. The Morgan fingerprint density at radius 3 is 2.59 bits per heavy atom. The summed E-state index contributed by atoms with van der Waals surface area (Å²) in [4.78, 5) is 39.8. The molecular formula is C20H26N2O5. The van der Waals surface area contributed by atoms with Crippen LogP contribution < -0.4 is 0 Å². The van der Waals surface area contributed by atoms with Crippen molar-refractivity contribution >= 4 is 17.8 Å². The zero-order valence-corrected chi connectivity index (χ0v) is 15.6. The summed E-state index contributed by atoms with van der Waals surface area (Å²) in [5, 5.41) is 9.28. The van der Waals surface area contributed by atoms with E-state index >= 15 is 0 Å². The molecule has 1 N–H and O–H groups in total. The third-order valence-corrected chi connectivity index (χ3v) is 5.44. The van der Waals surface area contributed by atoms with Gasteiger partial charge in [-0.15, -0.1) is 0 Å². The molecule has 1 aromatic rings. The number of benzene rings is 1. The number of amides is 2. The Morgan fingerprint density at radius 1 is 1.22 bits per heavy atom. The van der Waals surface area contributed by atoms with Crippen molar-refractivity contribution in [1.29, 1.82) is 0 Å². The van der Waals surface area contributed by atoms with Gasteiger partial charge < -0.3 is 19.6 Å². The largest absolute Gasteiger partial charge is 0.480 e. The molecule has 1 saturated heterocycles. The minimum Gasteiger partial charge on any atom is -0.480 e. The molecule has 0 radical (unpaired) electrons. The van der Waals surface area contributed by atoms with Gasteiger partial charge in [0.25, 0.3) is 0 Å². The van der Waals surface area contributed by atoms with E-state index in [1.807, 2.05) is 24.3 Å². The Morgan fingerprint density at radius 2 is 1.93 bits per heavy atom. The number of hydrogen-bond donors (Lipinski definition) is 1. The van der Waals surface area contributed by atoms with Gasteiger partial charge >= 0.3 is 5.97 Å². The molecule has 0 aliphatic carbocycles. The van der Waals surface area contributed by atoms with Gasteiger partial charge in [0.1, 0.15) is 6.54 Å². The zero-order chi connectivity index (χ0) is 19.4. The Hall–Kier alpha value is -2.41. The van der Waals surface area contributed by atoms with E-state index in [2.05, 4.69) is 0 Å². The van der Waals surface area contributed by atoms with Gasteiger partial charge in [-0.25, -0.2) is 0 Å². The molecule has 1 atom stereocenters. The van der Waals surface area contributed by atoms with E-state index in [-0.39, 0.29) is 36.9 Å². The van der Waals surface area contributed by atoms with Gasteiger partial charge in [0, 0.05) is 32.7 Å². The first-order valence-corrected chi connectivity index (χ1v) is 9.41. The molecule has 2 amide bonds. The van der Waals surface area contributed by atoms with Crippen LogP contribution in [0, 0.1) is 0 Å². The van der Waals surface area contributed by atoms with Crippen molar-refractivity contribution in [2.75, 3.05) is 26.3 Å². The van der Waals surface area contributed by atoms with Gasteiger partial charge in [0.05, 0.1) is 12.5 Å². The van der Waals surface area contributed by atoms with E-state index in [4.69, 9.17) is 4.74 Å². The highest BCUT2D eigenvalue weighted by Gasteiger charge is 2.34. The maximum atomic E-state index is 13.1. The van der Waals surface area contributed by atoms with E-state index in [1.54, 1.807) is 4.90 Å². The minimum absolute atomic E-state index is 0.0712. The number of aliphatic carboxylic acids is 1. The van der Waals surface area contributed by atoms with Gasteiger partial charge in [-0.3, -0.25) is 14.4 Å². The number of fused-ring (bicyclic) bond motifs is 1. The molecule has 1 aromatic carbocycles. The SMILES string of the molecule is CC(=O)N1CCc2ccccc2C1CC(=O)N(CC(=O)O)C1CCOCC1. The summed E-state index contributed by atoms with van der Waals surface area (Å²) in [6.07, 6.45) is 2.13. The summed E-state index contributed by atoms with van der Waals surface area (Å²) in [5.74, 6) is -1.32. The molecule has 2 aliphatic rings. The lowest BCUT2D eigenvalue weighted by atomic mass is 9.90. The predicted octanol–water partition coefficient (Wildman–Crippen LogP) is 1.61. The summed E-state index contributed by atoms with van der Waals surface area (Å²) in [7, 11) is 0. The molecule has 0 saturated carbocycles. The first-order valence-electron chi connectivity index (χ1n) is 9.41. The third kappa shape index (κ3) is 4.47. The highest BCUT2D eigenvalue weighted by molar-refractivity contribution is 5.83. The Kier molecular flexibility index (Phi) is 6.11. The molecule has 3 rings (SSSR count). The molecule has 2 aliphatic heterocycles. The third-order valence-electron chi connectivity index (χ3n) is 5.44. The minimum atomic E-state index is -1.03. The lowest BCUT2D eigenvalue weighted by Crippen LogP contribution is -2.48. The van der Waals surface area contributed by atoms with Gasteiger partial charge in [-0.1, -0.05) is 24.3 Å². The number of carboxylic acids is 1. The fraction of sp³-hybridized carbons (Fsp3) is 0.550. The molecule has 7 heteroatoms. The van der Waals surface area contributed by atoms with E-state index in [0.717, 1.165) is 17.5 Å². The van der Waals surface area contributed by atoms with Gasteiger partial charge in [0.2, 0.25) is 11.8 Å². The second-order valence-electron chi connectivity index (χ2n) is 7.14. The monoisotopic (exact) mass is 374 g/mol. The number of carbonyl (C=O) groups excluding carboxylic acids is 2. The molecule has 2 heterocycles. The highest BCUT2D eigenvalue weighted by Crippen LogP contribution is 2.33. The maximum Gasteiger partial charge on any atom is 0.323 e. The van der Waals surface area contributed by atoms with E-state index < -0.39 is 5.97 Å². The molecular weight excluding hydrogens is 348 g/mol. The molecule has 7 nitrogen and oxygen atoms in total. The van der Waals surface area contributed by atoms with Crippen molar-refractivity contribution in [3.8, 4) is 0 Å². The normalized spacial score (nSPS) is 20.0. The number of rotatable bonds is 5. The second-order valence-corrected chi connectivity index (χ2v) is 7.14. The molecule has 146 valence electrons. The fourth-order valence-corrected chi connectivity index (χ4v) is 4.09. The molecule has 0 aromatic heterocycles. The standard InChI is InChI=1S/C20H26N2O5/c1-14(23)21-9-6-15-4-2-3-5-17(15)18(21)12-19(24)22(13-20(25)26)16-7-10-27-11-8-16/h2-5,16,18H,6-13H2,1H3,(H,25,26). The average molecular weight is 374 g/mol. The lowest BCUT2D eigenvalue weighted by molar-refractivity contribution is -0.149. The van der Waals surface area contributed by atoms with Crippen LogP contribution in [-0.2, 0) is 25.5 Å². The maximum absolute atomic E-state index is 13.1. The Bertz CT molecular complexity index is 714. The summed E-state index contributed by atoms with van der Waals surface area (Å²) >= 11 is 0. The van der Waals surface area contributed by atoms with Crippen LogP contribution in [0.15, 0.2) is 24.3 Å². The van der Waals surface area contributed by atoms with E-state index in [0.29, 0.717) is 32.6 Å². The highest BCUT2D eigenvalue weighted by atomic mass is 16.5. The molecule has 1 fully saturated rings. The van der Waals surface area contributed by atoms with Crippen LogP contribution in [0.2, 0.25) is 0 Å². The quantitative estimate of drug-likeness (QED) is 0.846. The number of carboxylic acid groups (broad SMARTS) is 1. The van der Waals surface area contributed by atoms with Crippen molar-refractivity contribution < 1.29 is 24.2 Å². The predicted molar refractivity (Wildman–Crippen MR) is 98.1 cm³/mol. The number of nitrogens with zero attached hydrogens (tertiary/aromatic N) is 2. The van der Waals surface area contributed by atoms with Gasteiger partial charge in [0.15, 0.2) is 0 Å². The second kappa shape index (κ2) is 8.52. The van der Waals surface area contributed by atoms with Crippen molar-refractivity contribution in [3.05, 3.63) is 35.4 Å².